The highest BCUT2D eigenvalue weighted by atomic mass is 16.5. The Balaban J connectivity index is 1.61. The van der Waals surface area contributed by atoms with Gasteiger partial charge in [-0.05, 0) is 18.1 Å². The van der Waals surface area contributed by atoms with Gasteiger partial charge in [0.2, 0.25) is 0 Å². The highest BCUT2D eigenvalue weighted by Crippen LogP contribution is 2.23. The summed E-state index contributed by atoms with van der Waals surface area (Å²) in [5, 5.41) is 3.52. The fraction of sp³-hybridized carbons (Fsp3) is 0.357. The maximum absolute atomic E-state index is 5.75. The summed E-state index contributed by atoms with van der Waals surface area (Å²) in [6.07, 6.45) is 4.74. The largest absolute Gasteiger partial charge is 0.492 e. The summed E-state index contributed by atoms with van der Waals surface area (Å²) in [6, 6.07) is 8.61. The van der Waals surface area contributed by atoms with E-state index in [2.05, 4.69) is 22.4 Å². The van der Waals surface area contributed by atoms with Crippen molar-refractivity contribution in [2.45, 2.75) is 19.0 Å². The molecule has 18 heavy (non-hydrogen) atoms. The van der Waals surface area contributed by atoms with Crippen LogP contribution in [0.2, 0.25) is 0 Å². The number of fused-ring (bicyclic) bond motifs is 1. The lowest BCUT2D eigenvalue weighted by Crippen LogP contribution is -2.39. The van der Waals surface area contributed by atoms with E-state index in [0.717, 1.165) is 25.3 Å². The zero-order chi connectivity index (χ0) is 12.4. The van der Waals surface area contributed by atoms with Crippen LogP contribution in [0.25, 0.3) is 0 Å². The van der Waals surface area contributed by atoms with E-state index >= 15 is 0 Å². The second kappa shape index (κ2) is 4.82. The van der Waals surface area contributed by atoms with Crippen LogP contribution < -0.4 is 10.1 Å². The lowest BCUT2D eigenvalue weighted by molar-refractivity contribution is 0.237. The highest BCUT2D eigenvalue weighted by molar-refractivity contribution is 5.35. The number of hydrogen-bond donors (Lipinski definition) is 1. The number of aromatic nitrogens is 2. The molecule has 4 heteroatoms. The molecule has 0 saturated heterocycles. The van der Waals surface area contributed by atoms with Crippen molar-refractivity contribution in [3.63, 3.8) is 0 Å². The second-order valence-corrected chi connectivity index (χ2v) is 4.70. The molecule has 0 bridgehead atoms. The normalized spacial score (nSPS) is 18.2. The van der Waals surface area contributed by atoms with Crippen LogP contribution in [0.4, 0.5) is 0 Å². The number of para-hydroxylation sites is 1. The smallest absolute Gasteiger partial charge is 0.122 e. The number of nitrogens with one attached hydrogen (secondary N) is 1. The van der Waals surface area contributed by atoms with Gasteiger partial charge in [-0.3, -0.25) is 0 Å². The highest BCUT2D eigenvalue weighted by Gasteiger charge is 2.18. The maximum atomic E-state index is 5.75. The Morgan fingerprint density at radius 3 is 3.17 bits per heavy atom. The van der Waals surface area contributed by atoms with Gasteiger partial charge in [-0.25, -0.2) is 4.98 Å². The van der Waals surface area contributed by atoms with Gasteiger partial charge < -0.3 is 14.6 Å². The number of rotatable bonds is 3. The maximum Gasteiger partial charge on any atom is 0.122 e. The predicted octanol–water partition coefficient (Wildman–Crippen LogP) is 1.51. The zero-order valence-corrected chi connectivity index (χ0v) is 10.5. The molecular weight excluding hydrogens is 226 g/mol. The number of imidazole rings is 1. The molecule has 1 aromatic carbocycles. The summed E-state index contributed by atoms with van der Waals surface area (Å²) >= 11 is 0. The van der Waals surface area contributed by atoms with Crippen molar-refractivity contribution in [2.24, 2.45) is 7.05 Å². The van der Waals surface area contributed by atoms with Gasteiger partial charge in [0.1, 0.15) is 12.4 Å². The van der Waals surface area contributed by atoms with Crippen LogP contribution in [-0.4, -0.2) is 22.2 Å². The first-order valence-corrected chi connectivity index (χ1v) is 6.22. The number of hydrogen-bond acceptors (Lipinski definition) is 3. The Bertz CT molecular complexity index is 535. The van der Waals surface area contributed by atoms with Crippen LogP contribution >= 0.6 is 0 Å². The second-order valence-electron chi connectivity index (χ2n) is 4.70. The molecule has 2 aromatic rings. The van der Waals surface area contributed by atoms with Gasteiger partial charge >= 0.3 is 0 Å². The van der Waals surface area contributed by atoms with Crippen molar-refractivity contribution in [1.82, 2.24) is 14.9 Å². The number of benzene rings is 1. The minimum absolute atomic E-state index is 0.370. The van der Waals surface area contributed by atoms with E-state index < -0.39 is 0 Å². The monoisotopic (exact) mass is 243 g/mol. The van der Waals surface area contributed by atoms with Crippen LogP contribution in [0, 0.1) is 0 Å². The first kappa shape index (κ1) is 11.3. The topological polar surface area (TPSA) is 39.1 Å². The molecule has 1 aliphatic rings. The Hall–Kier alpha value is -1.81. The van der Waals surface area contributed by atoms with Gasteiger partial charge in [-0.2, -0.15) is 0 Å². The third-order valence-corrected chi connectivity index (χ3v) is 3.37. The molecule has 0 fully saturated rings. The molecule has 0 aliphatic carbocycles. The van der Waals surface area contributed by atoms with E-state index in [1.165, 1.54) is 11.3 Å². The molecule has 0 unspecified atom stereocenters. The SMILES string of the molecule is Cn1cncc1CN[C@@H]1COc2ccccc2C1. The lowest BCUT2D eigenvalue weighted by atomic mass is 10.0. The molecular formula is C14H17N3O. The minimum atomic E-state index is 0.370. The van der Waals surface area contributed by atoms with Crippen LogP contribution in [0.3, 0.4) is 0 Å². The molecule has 0 radical (unpaired) electrons. The van der Waals surface area contributed by atoms with E-state index in [-0.39, 0.29) is 0 Å². The van der Waals surface area contributed by atoms with E-state index in [4.69, 9.17) is 4.74 Å². The Morgan fingerprint density at radius 2 is 2.33 bits per heavy atom. The van der Waals surface area contributed by atoms with Gasteiger partial charge in [0.15, 0.2) is 0 Å². The number of aryl methyl sites for hydroxylation is 1. The molecule has 94 valence electrons. The van der Waals surface area contributed by atoms with Crippen LogP contribution in [0.5, 0.6) is 5.75 Å². The van der Waals surface area contributed by atoms with Crippen LogP contribution in [-0.2, 0) is 20.0 Å². The van der Waals surface area contributed by atoms with Crippen LogP contribution in [0.1, 0.15) is 11.3 Å². The molecule has 3 rings (SSSR count). The molecule has 0 saturated carbocycles. The summed E-state index contributed by atoms with van der Waals surface area (Å²) in [5.41, 5.74) is 2.47. The van der Waals surface area contributed by atoms with Gasteiger partial charge in [0.05, 0.1) is 12.0 Å². The summed E-state index contributed by atoms with van der Waals surface area (Å²) in [4.78, 5) is 4.11. The molecule has 1 aliphatic heterocycles. The van der Waals surface area contributed by atoms with Crippen molar-refractivity contribution < 1.29 is 4.74 Å². The van der Waals surface area contributed by atoms with E-state index in [1.807, 2.05) is 36.3 Å². The Labute approximate surface area is 107 Å². The summed E-state index contributed by atoms with van der Waals surface area (Å²) in [6.45, 7) is 1.56. The Kier molecular flexibility index (Phi) is 3.02. The minimum Gasteiger partial charge on any atom is -0.492 e. The van der Waals surface area contributed by atoms with Crippen molar-refractivity contribution in [3.05, 3.63) is 48.0 Å². The van der Waals surface area contributed by atoms with Crippen LogP contribution in [0.15, 0.2) is 36.8 Å². The fourth-order valence-electron chi connectivity index (χ4n) is 2.26. The molecule has 1 aromatic heterocycles. The van der Waals surface area contributed by atoms with Gasteiger partial charge in [-0.15, -0.1) is 0 Å². The van der Waals surface area contributed by atoms with Gasteiger partial charge in [-0.1, -0.05) is 18.2 Å². The van der Waals surface area contributed by atoms with Gasteiger partial charge in [0.25, 0.3) is 0 Å². The average molecular weight is 243 g/mol. The molecule has 1 atom stereocenters. The van der Waals surface area contributed by atoms with E-state index in [0.29, 0.717) is 6.04 Å². The molecule has 2 heterocycles. The van der Waals surface area contributed by atoms with E-state index in [1.54, 1.807) is 0 Å². The van der Waals surface area contributed by atoms with Gasteiger partial charge in [0, 0.05) is 25.8 Å². The third-order valence-electron chi connectivity index (χ3n) is 3.37. The standard InChI is InChI=1S/C14H17N3O/c1-17-10-15-7-13(17)8-16-12-6-11-4-2-3-5-14(11)18-9-12/h2-5,7,10,12,16H,6,8-9H2,1H3/t12-/m0/s1. The average Bonchev–Trinajstić information content (AvgIpc) is 2.82. The molecule has 0 spiro atoms. The first-order chi connectivity index (χ1) is 8.83. The number of nitrogens with zero attached hydrogens (tertiary/aromatic N) is 2. The lowest BCUT2D eigenvalue weighted by Gasteiger charge is -2.26. The third kappa shape index (κ3) is 2.24. The summed E-state index contributed by atoms with van der Waals surface area (Å²) < 4.78 is 7.78. The predicted molar refractivity (Wildman–Crippen MR) is 69.5 cm³/mol. The fourth-order valence-corrected chi connectivity index (χ4v) is 2.26. The van der Waals surface area contributed by atoms with Crippen molar-refractivity contribution in [1.29, 1.82) is 0 Å². The molecule has 0 amide bonds. The van der Waals surface area contributed by atoms with Crippen molar-refractivity contribution >= 4 is 0 Å². The van der Waals surface area contributed by atoms with E-state index in [9.17, 15) is 0 Å². The molecule has 1 N–H and O–H groups in total. The van der Waals surface area contributed by atoms with Crippen molar-refractivity contribution in [2.75, 3.05) is 6.61 Å². The number of ether oxygens (including phenoxy) is 1. The molecule has 4 nitrogen and oxygen atoms in total. The summed E-state index contributed by atoms with van der Waals surface area (Å²) in [7, 11) is 2.01. The quantitative estimate of drug-likeness (QED) is 0.888. The summed E-state index contributed by atoms with van der Waals surface area (Å²) in [5.74, 6) is 1.02. The van der Waals surface area contributed by atoms with Crippen molar-refractivity contribution in [3.8, 4) is 5.75 Å². The zero-order valence-electron chi connectivity index (χ0n) is 10.5. The first-order valence-electron chi connectivity index (χ1n) is 6.22. The Morgan fingerprint density at radius 1 is 1.44 bits per heavy atom.